The Morgan fingerprint density at radius 2 is 1.59 bits per heavy atom. The van der Waals surface area contributed by atoms with E-state index < -0.39 is 0 Å². The van der Waals surface area contributed by atoms with Crippen molar-refractivity contribution in [3.8, 4) is 0 Å². The molecule has 0 radical (unpaired) electrons. The SMILES string of the molecule is Cc1cc(C(=O)CSc2nnc(Cc3ccccc3)n2C)c(C)n1CCc1ccccc1. The summed E-state index contributed by atoms with van der Waals surface area (Å²) in [5.74, 6) is 1.37. The van der Waals surface area contributed by atoms with Crippen molar-refractivity contribution in [3.63, 3.8) is 0 Å². The van der Waals surface area contributed by atoms with Gasteiger partial charge in [0, 0.05) is 37.0 Å². The molecule has 0 spiro atoms. The smallest absolute Gasteiger partial charge is 0.191 e. The van der Waals surface area contributed by atoms with Gasteiger partial charge in [-0.2, -0.15) is 0 Å². The molecule has 0 aliphatic carbocycles. The van der Waals surface area contributed by atoms with Crippen molar-refractivity contribution in [2.24, 2.45) is 7.05 Å². The van der Waals surface area contributed by atoms with Crippen LogP contribution in [0.5, 0.6) is 0 Å². The average molecular weight is 445 g/mol. The molecule has 5 nitrogen and oxygen atoms in total. The van der Waals surface area contributed by atoms with Crippen LogP contribution in [0.1, 0.15) is 38.7 Å². The fourth-order valence-corrected chi connectivity index (χ4v) is 4.74. The van der Waals surface area contributed by atoms with Gasteiger partial charge in [0.15, 0.2) is 10.9 Å². The van der Waals surface area contributed by atoms with E-state index in [4.69, 9.17) is 0 Å². The van der Waals surface area contributed by atoms with Crippen LogP contribution in [0.3, 0.4) is 0 Å². The largest absolute Gasteiger partial charge is 0.348 e. The van der Waals surface area contributed by atoms with Gasteiger partial charge in [-0.1, -0.05) is 72.4 Å². The number of benzene rings is 2. The van der Waals surface area contributed by atoms with Gasteiger partial charge in [0.05, 0.1) is 5.75 Å². The van der Waals surface area contributed by atoms with Crippen molar-refractivity contribution < 1.29 is 4.79 Å². The van der Waals surface area contributed by atoms with Gasteiger partial charge in [0.1, 0.15) is 5.82 Å². The number of nitrogens with zero attached hydrogens (tertiary/aromatic N) is 4. The quantitative estimate of drug-likeness (QED) is 0.268. The number of hydrogen-bond donors (Lipinski definition) is 0. The Hall–Kier alpha value is -3.12. The molecule has 2 aromatic carbocycles. The van der Waals surface area contributed by atoms with Crippen LogP contribution >= 0.6 is 11.8 Å². The average Bonchev–Trinajstić information content (AvgIpc) is 3.30. The highest BCUT2D eigenvalue weighted by atomic mass is 32.2. The Morgan fingerprint density at radius 1 is 0.938 bits per heavy atom. The van der Waals surface area contributed by atoms with Crippen LogP contribution in [0.15, 0.2) is 71.9 Å². The Labute approximate surface area is 193 Å². The summed E-state index contributed by atoms with van der Waals surface area (Å²) in [6.45, 7) is 4.98. The van der Waals surface area contributed by atoms with Crippen LogP contribution in [0.2, 0.25) is 0 Å². The predicted octanol–water partition coefficient (Wildman–Crippen LogP) is 5.04. The third-order valence-electron chi connectivity index (χ3n) is 5.80. The molecule has 0 aliphatic rings. The van der Waals surface area contributed by atoms with Crippen molar-refractivity contribution >= 4 is 17.5 Å². The van der Waals surface area contributed by atoms with Crippen LogP contribution in [0, 0.1) is 13.8 Å². The summed E-state index contributed by atoms with van der Waals surface area (Å²) in [6.07, 6.45) is 1.67. The van der Waals surface area contributed by atoms with Gasteiger partial charge < -0.3 is 9.13 Å². The summed E-state index contributed by atoms with van der Waals surface area (Å²) in [6, 6.07) is 22.7. The topological polar surface area (TPSA) is 52.7 Å². The highest BCUT2D eigenvalue weighted by molar-refractivity contribution is 7.99. The first-order valence-corrected chi connectivity index (χ1v) is 11.8. The van der Waals surface area contributed by atoms with E-state index in [9.17, 15) is 4.79 Å². The number of carbonyl (C=O) groups excluding carboxylic acids is 1. The van der Waals surface area contributed by atoms with Gasteiger partial charge in [-0.15, -0.1) is 10.2 Å². The fourth-order valence-electron chi connectivity index (χ4n) is 3.92. The molecule has 4 aromatic rings. The number of carbonyl (C=O) groups is 1. The summed E-state index contributed by atoms with van der Waals surface area (Å²) < 4.78 is 4.22. The minimum Gasteiger partial charge on any atom is -0.348 e. The molecule has 2 aromatic heterocycles. The van der Waals surface area contributed by atoms with Crippen LogP contribution in [0.4, 0.5) is 0 Å². The second-order valence-electron chi connectivity index (χ2n) is 8.00. The monoisotopic (exact) mass is 444 g/mol. The predicted molar refractivity (Wildman–Crippen MR) is 129 cm³/mol. The van der Waals surface area contributed by atoms with Crippen molar-refractivity contribution in [3.05, 3.63) is 101 Å². The number of Topliss-reactive ketones (excluding diaryl/α,β-unsaturated/α-hetero) is 1. The van der Waals surface area contributed by atoms with Crippen molar-refractivity contribution in [1.82, 2.24) is 19.3 Å². The first-order chi connectivity index (χ1) is 15.5. The summed E-state index contributed by atoms with van der Waals surface area (Å²) >= 11 is 1.45. The molecule has 2 heterocycles. The molecular weight excluding hydrogens is 416 g/mol. The maximum Gasteiger partial charge on any atom is 0.191 e. The van der Waals surface area contributed by atoms with Crippen LogP contribution in [-0.2, 0) is 26.4 Å². The summed E-state index contributed by atoms with van der Waals surface area (Å²) in [4.78, 5) is 13.0. The van der Waals surface area contributed by atoms with Crippen LogP contribution < -0.4 is 0 Å². The van der Waals surface area contributed by atoms with Crippen LogP contribution in [-0.4, -0.2) is 30.9 Å². The number of aromatic nitrogens is 4. The van der Waals surface area contributed by atoms with Gasteiger partial charge in [-0.25, -0.2) is 0 Å². The Bertz CT molecular complexity index is 1200. The highest BCUT2D eigenvalue weighted by Gasteiger charge is 2.18. The molecule has 0 N–H and O–H groups in total. The summed E-state index contributed by atoms with van der Waals surface area (Å²) in [5.41, 5.74) is 5.45. The number of aryl methyl sites for hydroxylation is 2. The minimum absolute atomic E-state index is 0.127. The third kappa shape index (κ3) is 5.02. The van der Waals surface area contributed by atoms with Crippen molar-refractivity contribution in [2.75, 3.05) is 5.75 Å². The van der Waals surface area contributed by atoms with Gasteiger partial charge >= 0.3 is 0 Å². The zero-order valence-electron chi connectivity index (χ0n) is 18.8. The third-order valence-corrected chi connectivity index (χ3v) is 6.82. The molecule has 0 bridgehead atoms. The van der Waals surface area contributed by atoms with E-state index in [-0.39, 0.29) is 5.78 Å². The number of hydrogen-bond acceptors (Lipinski definition) is 4. The molecule has 0 saturated carbocycles. The molecule has 32 heavy (non-hydrogen) atoms. The molecule has 0 saturated heterocycles. The van der Waals surface area contributed by atoms with Gasteiger partial charge in [0.25, 0.3) is 0 Å². The Morgan fingerprint density at radius 3 is 2.28 bits per heavy atom. The Balaban J connectivity index is 1.39. The molecule has 0 fully saturated rings. The number of rotatable bonds is 9. The van der Waals surface area contributed by atoms with E-state index in [1.165, 1.54) is 22.9 Å². The first kappa shape index (κ1) is 22.1. The molecule has 6 heteroatoms. The zero-order valence-corrected chi connectivity index (χ0v) is 19.6. The lowest BCUT2D eigenvalue weighted by Gasteiger charge is -2.10. The maximum atomic E-state index is 13.0. The lowest BCUT2D eigenvalue weighted by atomic mass is 10.1. The molecule has 4 rings (SSSR count). The van der Waals surface area contributed by atoms with Crippen molar-refractivity contribution in [2.45, 2.75) is 38.4 Å². The van der Waals surface area contributed by atoms with E-state index in [2.05, 4.69) is 58.1 Å². The second-order valence-corrected chi connectivity index (χ2v) is 8.95. The molecule has 0 aliphatic heterocycles. The lowest BCUT2D eigenvalue weighted by Crippen LogP contribution is -2.09. The van der Waals surface area contributed by atoms with Gasteiger partial charge in [0.2, 0.25) is 0 Å². The van der Waals surface area contributed by atoms with E-state index in [1.807, 2.05) is 48.9 Å². The van der Waals surface area contributed by atoms with E-state index in [1.54, 1.807) is 0 Å². The van der Waals surface area contributed by atoms with E-state index in [0.29, 0.717) is 5.75 Å². The van der Waals surface area contributed by atoms with E-state index in [0.717, 1.165) is 47.3 Å². The maximum absolute atomic E-state index is 13.0. The zero-order chi connectivity index (χ0) is 22.5. The highest BCUT2D eigenvalue weighted by Crippen LogP contribution is 2.22. The number of ketones is 1. The fraction of sp³-hybridized carbons (Fsp3) is 0.269. The molecule has 164 valence electrons. The minimum atomic E-state index is 0.127. The molecule has 0 unspecified atom stereocenters. The first-order valence-electron chi connectivity index (χ1n) is 10.8. The second kappa shape index (κ2) is 10.0. The van der Waals surface area contributed by atoms with Crippen molar-refractivity contribution in [1.29, 1.82) is 0 Å². The van der Waals surface area contributed by atoms with Gasteiger partial charge in [-0.3, -0.25) is 4.79 Å². The number of thioether (sulfide) groups is 1. The van der Waals surface area contributed by atoms with E-state index >= 15 is 0 Å². The summed E-state index contributed by atoms with van der Waals surface area (Å²) in [7, 11) is 1.96. The standard InChI is InChI=1S/C26H28N4OS/c1-19-16-23(20(2)30(19)15-14-21-10-6-4-7-11-21)24(31)18-32-26-28-27-25(29(26)3)17-22-12-8-5-9-13-22/h4-13,16H,14-15,17-18H2,1-3H3. The normalized spacial score (nSPS) is 11.1. The lowest BCUT2D eigenvalue weighted by molar-refractivity contribution is 0.102. The van der Waals surface area contributed by atoms with Crippen LogP contribution in [0.25, 0.3) is 0 Å². The molecular formula is C26H28N4OS. The molecule has 0 atom stereocenters. The molecule has 0 amide bonds. The Kier molecular flexibility index (Phi) is 6.90. The summed E-state index contributed by atoms with van der Waals surface area (Å²) in [5, 5.41) is 9.40. The van der Waals surface area contributed by atoms with Gasteiger partial charge in [-0.05, 0) is 37.5 Å².